The summed E-state index contributed by atoms with van der Waals surface area (Å²) in [5, 5.41) is 13.4. The van der Waals surface area contributed by atoms with Gasteiger partial charge in [0.05, 0.1) is 18.4 Å². The van der Waals surface area contributed by atoms with Crippen LogP contribution in [0.1, 0.15) is 11.1 Å². The van der Waals surface area contributed by atoms with Crippen molar-refractivity contribution in [1.29, 1.82) is 0 Å². The van der Waals surface area contributed by atoms with Crippen molar-refractivity contribution in [2.45, 2.75) is 13.5 Å². The highest BCUT2D eigenvalue weighted by Gasteiger charge is 2.09. The van der Waals surface area contributed by atoms with E-state index in [0.29, 0.717) is 23.1 Å². The maximum atomic E-state index is 6.13. The zero-order chi connectivity index (χ0) is 17.1. The molecular weight excluding hydrogens is 324 g/mol. The number of nitrogens with zero attached hydrogens (tertiary/aromatic N) is 5. The van der Waals surface area contributed by atoms with Crippen LogP contribution in [0.2, 0.25) is 5.02 Å². The molecule has 0 spiro atoms. The summed E-state index contributed by atoms with van der Waals surface area (Å²) in [5.74, 6) is 0.483. The molecule has 0 unspecified atom stereocenters. The van der Waals surface area contributed by atoms with Crippen molar-refractivity contribution in [2.75, 3.05) is 5.73 Å². The van der Waals surface area contributed by atoms with E-state index in [1.165, 1.54) is 0 Å². The summed E-state index contributed by atoms with van der Waals surface area (Å²) < 4.78 is 3.69. The van der Waals surface area contributed by atoms with Crippen molar-refractivity contribution in [3.8, 4) is 0 Å². The third-order valence-electron chi connectivity index (χ3n) is 3.62. The van der Waals surface area contributed by atoms with Crippen molar-refractivity contribution in [1.82, 2.24) is 9.78 Å². The van der Waals surface area contributed by atoms with Gasteiger partial charge in [0.15, 0.2) is 12.4 Å². The minimum Gasteiger partial charge on any atom is -0.382 e. The predicted octanol–water partition coefficient (Wildman–Crippen LogP) is 3.72. The number of aryl methyl sites for hydroxylation is 2. The van der Waals surface area contributed by atoms with Gasteiger partial charge in [-0.3, -0.25) is 0 Å². The van der Waals surface area contributed by atoms with Crippen molar-refractivity contribution >= 4 is 28.8 Å². The van der Waals surface area contributed by atoms with Crippen molar-refractivity contribution in [3.05, 3.63) is 65.1 Å². The largest absolute Gasteiger partial charge is 0.382 e. The normalized spacial score (nSPS) is 11.3. The van der Waals surface area contributed by atoms with Crippen LogP contribution in [0.25, 0.3) is 0 Å². The second kappa shape index (κ2) is 6.80. The fourth-order valence-corrected chi connectivity index (χ4v) is 2.57. The molecule has 2 aromatic heterocycles. The van der Waals surface area contributed by atoms with Crippen molar-refractivity contribution in [2.24, 2.45) is 17.3 Å². The third-order valence-corrected chi connectivity index (χ3v) is 3.85. The molecule has 2 N–H and O–H groups in total. The van der Waals surface area contributed by atoms with Crippen LogP contribution < -0.4 is 10.3 Å². The molecule has 3 rings (SSSR count). The monoisotopic (exact) mass is 341 g/mol. The van der Waals surface area contributed by atoms with Gasteiger partial charge in [-0.1, -0.05) is 11.6 Å². The number of benzene rings is 1. The average Bonchev–Trinajstić information content (AvgIpc) is 2.87. The number of nitrogens with two attached hydrogens (primary N) is 1. The number of halogens is 1. The Balaban J connectivity index is 1.81. The predicted molar refractivity (Wildman–Crippen MR) is 93.7 cm³/mol. The Kier molecular flexibility index (Phi) is 4.57. The zero-order valence-corrected chi connectivity index (χ0v) is 14.3. The Hall–Kier alpha value is -2.73. The second-order valence-electron chi connectivity index (χ2n) is 5.58. The van der Waals surface area contributed by atoms with Gasteiger partial charge in [0, 0.05) is 16.7 Å². The molecule has 0 atom stereocenters. The molecule has 0 saturated carbocycles. The highest BCUT2D eigenvalue weighted by atomic mass is 35.5. The molecule has 0 saturated heterocycles. The summed E-state index contributed by atoms with van der Waals surface area (Å²) in [4.78, 5) is 0. The first-order valence-corrected chi connectivity index (χ1v) is 7.84. The van der Waals surface area contributed by atoms with E-state index in [1.807, 2.05) is 55.2 Å². The maximum absolute atomic E-state index is 6.13. The molecule has 24 heavy (non-hydrogen) atoms. The van der Waals surface area contributed by atoms with Crippen LogP contribution in [0.3, 0.4) is 0 Å². The van der Waals surface area contributed by atoms with E-state index in [0.717, 1.165) is 16.8 Å². The Morgan fingerprint density at radius 3 is 2.79 bits per heavy atom. The molecule has 3 aromatic rings. The molecule has 0 aliphatic rings. The Bertz CT molecular complexity index is 900. The van der Waals surface area contributed by atoms with E-state index in [-0.39, 0.29) is 0 Å². The molecule has 7 heteroatoms. The minimum atomic E-state index is 0.483. The standard InChI is InChI=1S/C17H18ClN6/c1-12-8-14(18)5-6-15(12)21-22-16-9-20-24(17(16)19)11-13-4-3-7-23(2)10-13/h3-10H,11,19H2,1-2H3/q+1. The van der Waals surface area contributed by atoms with E-state index in [9.17, 15) is 0 Å². The van der Waals surface area contributed by atoms with Crippen LogP contribution in [0, 0.1) is 6.92 Å². The molecule has 0 radical (unpaired) electrons. The van der Waals surface area contributed by atoms with E-state index < -0.39 is 0 Å². The number of nitrogen functional groups attached to an aromatic ring is 1. The van der Waals surface area contributed by atoms with Gasteiger partial charge in [-0.25, -0.2) is 9.25 Å². The first kappa shape index (κ1) is 16.1. The smallest absolute Gasteiger partial charge is 0.173 e. The molecule has 1 aromatic carbocycles. The molecular formula is C17H18ClN6+. The maximum Gasteiger partial charge on any atom is 0.173 e. The fraction of sp³-hybridized carbons (Fsp3) is 0.176. The first-order chi connectivity index (χ1) is 11.5. The molecule has 0 amide bonds. The Morgan fingerprint density at radius 1 is 1.25 bits per heavy atom. The fourth-order valence-electron chi connectivity index (χ4n) is 2.34. The lowest BCUT2D eigenvalue weighted by molar-refractivity contribution is -0.671. The number of azo groups is 1. The first-order valence-electron chi connectivity index (χ1n) is 7.46. The quantitative estimate of drug-likeness (QED) is 0.580. The SMILES string of the molecule is Cc1cc(Cl)ccc1N=Nc1cnn(Cc2ccc[n+](C)c2)c1N. The summed E-state index contributed by atoms with van der Waals surface area (Å²) in [7, 11) is 1.98. The van der Waals surface area contributed by atoms with Crippen molar-refractivity contribution < 1.29 is 4.57 Å². The van der Waals surface area contributed by atoms with Gasteiger partial charge in [-0.2, -0.15) is 10.2 Å². The minimum absolute atomic E-state index is 0.483. The van der Waals surface area contributed by atoms with E-state index in [2.05, 4.69) is 15.3 Å². The Labute approximate surface area is 145 Å². The summed E-state index contributed by atoms with van der Waals surface area (Å²) in [6.45, 7) is 2.51. The number of hydrogen-bond acceptors (Lipinski definition) is 4. The summed E-state index contributed by atoms with van der Waals surface area (Å²) in [5.41, 5.74) is 9.49. The number of hydrogen-bond donors (Lipinski definition) is 1. The van der Waals surface area contributed by atoms with Crippen LogP contribution in [0.15, 0.2) is 59.2 Å². The van der Waals surface area contributed by atoms with Crippen LogP contribution in [0.5, 0.6) is 0 Å². The number of anilines is 1. The van der Waals surface area contributed by atoms with Crippen LogP contribution >= 0.6 is 11.6 Å². The van der Waals surface area contributed by atoms with Gasteiger partial charge in [-0.15, -0.1) is 5.11 Å². The molecule has 0 aliphatic heterocycles. The van der Waals surface area contributed by atoms with Crippen LogP contribution in [-0.2, 0) is 13.6 Å². The number of pyridine rings is 1. The van der Waals surface area contributed by atoms with Gasteiger partial charge < -0.3 is 5.73 Å². The summed E-state index contributed by atoms with van der Waals surface area (Å²) >= 11 is 5.94. The number of aromatic nitrogens is 3. The van der Waals surface area contributed by atoms with Crippen LogP contribution in [0.4, 0.5) is 17.2 Å². The highest BCUT2D eigenvalue weighted by Crippen LogP contribution is 2.27. The average molecular weight is 342 g/mol. The molecule has 2 heterocycles. The molecule has 6 nitrogen and oxygen atoms in total. The van der Waals surface area contributed by atoms with Gasteiger partial charge >= 0.3 is 0 Å². The van der Waals surface area contributed by atoms with E-state index in [1.54, 1.807) is 16.9 Å². The van der Waals surface area contributed by atoms with Gasteiger partial charge in [-0.05, 0) is 36.8 Å². The lowest BCUT2D eigenvalue weighted by Crippen LogP contribution is -2.27. The molecule has 0 bridgehead atoms. The lowest BCUT2D eigenvalue weighted by Gasteiger charge is -2.03. The Morgan fingerprint density at radius 2 is 2.04 bits per heavy atom. The highest BCUT2D eigenvalue weighted by molar-refractivity contribution is 6.30. The summed E-state index contributed by atoms with van der Waals surface area (Å²) in [6, 6.07) is 9.47. The molecule has 122 valence electrons. The molecule has 0 aliphatic carbocycles. The van der Waals surface area contributed by atoms with Crippen molar-refractivity contribution in [3.63, 3.8) is 0 Å². The van der Waals surface area contributed by atoms with E-state index >= 15 is 0 Å². The second-order valence-corrected chi connectivity index (χ2v) is 6.02. The van der Waals surface area contributed by atoms with Gasteiger partial charge in [0.1, 0.15) is 18.6 Å². The zero-order valence-electron chi connectivity index (χ0n) is 13.5. The van der Waals surface area contributed by atoms with Gasteiger partial charge in [0.2, 0.25) is 0 Å². The topological polar surface area (TPSA) is 72.4 Å². The third kappa shape index (κ3) is 3.60. The summed E-state index contributed by atoms with van der Waals surface area (Å²) in [6.07, 6.45) is 5.62. The molecule has 0 fully saturated rings. The number of rotatable bonds is 4. The van der Waals surface area contributed by atoms with E-state index in [4.69, 9.17) is 17.3 Å². The van der Waals surface area contributed by atoms with Gasteiger partial charge in [0.25, 0.3) is 0 Å². The lowest BCUT2D eigenvalue weighted by atomic mass is 10.2. The van der Waals surface area contributed by atoms with Crippen LogP contribution in [-0.4, -0.2) is 9.78 Å².